The molecule has 1 atom stereocenters. The molecular formula is C18H20N4O4S. The summed E-state index contributed by atoms with van der Waals surface area (Å²) in [5.74, 6) is -1.69. The summed E-state index contributed by atoms with van der Waals surface area (Å²) in [7, 11) is 3.15. The van der Waals surface area contributed by atoms with E-state index >= 15 is 0 Å². The maximum atomic E-state index is 13.0. The smallest absolute Gasteiger partial charge is 0.331 e. The number of pyridine rings is 1. The van der Waals surface area contributed by atoms with Crippen LogP contribution in [0.2, 0.25) is 0 Å². The van der Waals surface area contributed by atoms with Crippen LogP contribution in [0.25, 0.3) is 21.6 Å². The minimum Gasteiger partial charge on any atom is -0.479 e. The van der Waals surface area contributed by atoms with Crippen molar-refractivity contribution in [1.29, 1.82) is 0 Å². The Labute approximate surface area is 159 Å². The van der Waals surface area contributed by atoms with Gasteiger partial charge in [0.25, 0.3) is 5.91 Å². The van der Waals surface area contributed by atoms with E-state index in [2.05, 4.69) is 15.4 Å². The van der Waals surface area contributed by atoms with Crippen molar-refractivity contribution in [3.05, 3.63) is 34.8 Å². The third kappa shape index (κ3) is 3.43. The van der Waals surface area contributed by atoms with Crippen LogP contribution in [-0.4, -0.2) is 51.0 Å². The molecule has 0 bridgehead atoms. The van der Waals surface area contributed by atoms with E-state index in [-0.39, 0.29) is 6.61 Å². The maximum Gasteiger partial charge on any atom is 0.331 e. The molecular weight excluding hydrogens is 368 g/mol. The Kier molecular flexibility index (Phi) is 4.99. The molecule has 8 nitrogen and oxygen atoms in total. The fraction of sp³-hybridized carbons (Fsp3) is 0.333. The van der Waals surface area contributed by atoms with Crippen molar-refractivity contribution >= 4 is 34.2 Å². The molecule has 0 saturated carbocycles. The predicted molar refractivity (Wildman–Crippen MR) is 102 cm³/mol. The number of fused-ring (bicyclic) bond motifs is 1. The second-order valence-electron chi connectivity index (χ2n) is 6.46. The molecule has 0 aliphatic carbocycles. The lowest BCUT2D eigenvalue weighted by Crippen LogP contribution is -2.55. The van der Waals surface area contributed by atoms with E-state index in [1.54, 1.807) is 24.7 Å². The van der Waals surface area contributed by atoms with Crippen molar-refractivity contribution in [1.82, 2.24) is 20.1 Å². The molecule has 3 aromatic rings. The molecule has 0 aliphatic heterocycles. The number of ether oxygens (including phenoxy) is 1. The highest BCUT2D eigenvalue weighted by molar-refractivity contribution is 7.13. The normalized spacial score (nSPS) is 13.5. The molecule has 0 aromatic carbocycles. The Balaban J connectivity index is 2.14. The third-order valence-electron chi connectivity index (χ3n) is 4.28. The number of carboxylic acids is 1. The first-order valence-corrected chi connectivity index (χ1v) is 9.08. The summed E-state index contributed by atoms with van der Waals surface area (Å²) < 4.78 is 6.60. The summed E-state index contributed by atoms with van der Waals surface area (Å²) in [5.41, 5.74) is 0.617. The second kappa shape index (κ2) is 7.09. The van der Waals surface area contributed by atoms with Gasteiger partial charge < -0.3 is 15.2 Å². The SMILES string of the molecule is COCC(C)(NC(=O)c1cc(-c2cccs2)nc2c1c(C)nn2C)C(=O)O. The number of aromatic nitrogens is 3. The maximum absolute atomic E-state index is 13.0. The van der Waals surface area contributed by atoms with Crippen LogP contribution in [0.4, 0.5) is 0 Å². The fourth-order valence-corrected chi connectivity index (χ4v) is 3.62. The van der Waals surface area contributed by atoms with Gasteiger partial charge in [-0.2, -0.15) is 5.10 Å². The highest BCUT2D eigenvalue weighted by atomic mass is 32.1. The van der Waals surface area contributed by atoms with E-state index in [0.29, 0.717) is 28.0 Å². The summed E-state index contributed by atoms with van der Waals surface area (Å²) in [6.07, 6.45) is 0. The summed E-state index contributed by atoms with van der Waals surface area (Å²) >= 11 is 1.51. The number of carbonyl (C=O) groups is 2. The predicted octanol–water partition coefficient (Wildman–Crippen LogP) is 2.22. The Morgan fingerprint density at radius 1 is 1.44 bits per heavy atom. The molecule has 3 rings (SSSR count). The van der Waals surface area contributed by atoms with Crippen molar-refractivity contribution in [3.8, 4) is 10.6 Å². The quantitative estimate of drug-likeness (QED) is 0.671. The van der Waals surface area contributed by atoms with Crippen molar-refractivity contribution in [2.45, 2.75) is 19.4 Å². The van der Waals surface area contributed by atoms with Crippen LogP contribution in [0.15, 0.2) is 23.6 Å². The molecule has 9 heteroatoms. The molecule has 3 heterocycles. The average Bonchev–Trinajstić information content (AvgIpc) is 3.23. The van der Waals surface area contributed by atoms with Gasteiger partial charge in [-0.15, -0.1) is 11.3 Å². The van der Waals surface area contributed by atoms with E-state index in [1.165, 1.54) is 25.4 Å². The number of hydrogen-bond acceptors (Lipinski definition) is 6. The summed E-state index contributed by atoms with van der Waals surface area (Å²) in [5, 5.41) is 19.0. The number of carboxylic acid groups (broad SMARTS) is 1. The number of amides is 1. The molecule has 0 saturated heterocycles. The molecule has 27 heavy (non-hydrogen) atoms. The Morgan fingerprint density at radius 2 is 2.19 bits per heavy atom. The number of nitrogens with one attached hydrogen (secondary N) is 1. The van der Waals surface area contributed by atoms with E-state index in [1.807, 2.05) is 17.5 Å². The second-order valence-corrected chi connectivity index (χ2v) is 7.41. The number of rotatable bonds is 6. The first-order valence-electron chi connectivity index (χ1n) is 8.20. The monoisotopic (exact) mass is 388 g/mol. The van der Waals surface area contributed by atoms with Gasteiger partial charge in [0.2, 0.25) is 0 Å². The lowest BCUT2D eigenvalue weighted by molar-refractivity contribution is -0.145. The zero-order valence-corrected chi connectivity index (χ0v) is 16.3. The average molecular weight is 388 g/mol. The van der Waals surface area contributed by atoms with Crippen LogP contribution in [0, 0.1) is 6.92 Å². The summed E-state index contributed by atoms with van der Waals surface area (Å²) in [6.45, 7) is 3.04. The molecule has 0 fully saturated rings. The standard InChI is InChI=1S/C18H20N4O4S/c1-10-14-11(16(23)20-18(2,9-26-4)17(24)25)8-12(13-6-5-7-27-13)19-15(14)22(3)21-10/h5-8H,9H2,1-4H3,(H,20,23)(H,24,25). The molecule has 0 radical (unpaired) electrons. The van der Waals surface area contributed by atoms with Gasteiger partial charge in [0.15, 0.2) is 11.2 Å². The summed E-state index contributed by atoms with van der Waals surface area (Å²) in [4.78, 5) is 30.2. The zero-order chi connectivity index (χ0) is 19.8. The highest BCUT2D eigenvalue weighted by Crippen LogP contribution is 2.29. The van der Waals surface area contributed by atoms with Crippen molar-refractivity contribution in [2.24, 2.45) is 7.05 Å². The van der Waals surface area contributed by atoms with Gasteiger partial charge in [-0.25, -0.2) is 9.78 Å². The van der Waals surface area contributed by atoms with Gasteiger partial charge >= 0.3 is 5.97 Å². The van der Waals surface area contributed by atoms with Crippen LogP contribution >= 0.6 is 11.3 Å². The van der Waals surface area contributed by atoms with E-state index in [4.69, 9.17) is 4.74 Å². The van der Waals surface area contributed by atoms with Crippen LogP contribution in [0.3, 0.4) is 0 Å². The van der Waals surface area contributed by atoms with Crippen LogP contribution < -0.4 is 5.32 Å². The minimum atomic E-state index is -1.55. The molecule has 142 valence electrons. The van der Waals surface area contributed by atoms with Gasteiger partial charge in [0.05, 0.1) is 33.8 Å². The van der Waals surface area contributed by atoms with E-state index < -0.39 is 17.4 Å². The number of aliphatic carboxylic acids is 1. The largest absolute Gasteiger partial charge is 0.479 e. The first-order chi connectivity index (χ1) is 12.8. The Hall–Kier alpha value is -2.78. The van der Waals surface area contributed by atoms with Gasteiger partial charge in [0, 0.05) is 14.2 Å². The third-order valence-corrected chi connectivity index (χ3v) is 5.17. The van der Waals surface area contributed by atoms with Gasteiger partial charge in [-0.05, 0) is 31.4 Å². The minimum absolute atomic E-state index is 0.161. The molecule has 1 unspecified atom stereocenters. The molecule has 0 aliphatic rings. The fourth-order valence-electron chi connectivity index (χ4n) is 2.93. The number of nitrogens with zero attached hydrogens (tertiary/aromatic N) is 3. The number of aryl methyl sites for hydroxylation is 2. The zero-order valence-electron chi connectivity index (χ0n) is 15.4. The Morgan fingerprint density at radius 3 is 2.78 bits per heavy atom. The van der Waals surface area contributed by atoms with Gasteiger partial charge in [0.1, 0.15) is 0 Å². The van der Waals surface area contributed by atoms with E-state index in [0.717, 1.165) is 4.88 Å². The number of methoxy groups -OCH3 is 1. The van der Waals surface area contributed by atoms with Gasteiger partial charge in [-0.1, -0.05) is 6.07 Å². The van der Waals surface area contributed by atoms with Crippen LogP contribution in [0.5, 0.6) is 0 Å². The lowest BCUT2D eigenvalue weighted by atomic mass is 10.0. The van der Waals surface area contributed by atoms with E-state index in [9.17, 15) is 14.7 Å². The van der Waals surface area contributed by atoms with Crippen molar-refractivity contribution in [2.75, 3.05) is 13.7 Å². The highest BCUT2D eigenvalue weighted by Gasteiger charge is 2.36. The van der Waals surface area contributed by atoms with Crippen LogP contribution in [0.1, 0.15) is 23.0 Å². The van der Waals surface area contributed by atoms with Gasteiger partial charge in [-0.3, -0.25) is 9.48 Å². The number of carbonyl (C=O) groups excluding carboxylic acids is 1. The molecule has 3 aromatic heterocycles. The van der Waals surface area contributed by atoms with Crippen LogP contribution in [-0.2, 0) is 16.6 Å². The topological polar surface area (TPSA) is 106 Å². The first kappa shape index (κ1) is 19.0. The Bertz CT molecular complexity index is 1010. The molecule has 1 amide bonds. The molecule has 0 spiro atoms. The lowest BCUT2D eigenvalue weighted by Gasteiger charge is -2.25. The molecule has 2 N–H and O–H groups in total. The number of thiophene rings is 1. The van der Waals surface area contributed by atoms with Crippen molar-refractivity contribution in [3.63, 3.8) is 0 Å². The summed E-state index contributed by atoms with van der Waals surface area (Å²) in [6, 6.07) is 5.49. The number of hydrogen-bond donors (Lipinski definition) is 2. The van der Waals surface area contributed by atoms with Crippen molar-refractivity contribution < 1.29 is 19.4 Å².